The fourth-order valence-corrected chi connectivity index (χ4v) is 2.69. The summed E-state index contributed by atoms with van der Waals surface area (Å²) in [4.78, 5) is 10.6. The van der Waals surface area contributed by atoms with E-state index in [2.05, 4.69) is 0 Å². The normalized spacial score (nSPS) is 19.3. The van der Waals surface area contributed by atoms with E-state index in [0.29, 0.717) is 6.61 Å². The maximum Gasteiger partial charge on any atom is 0.304 e. The van der Waals surface area contributed by atoms with E-state index in [1.54, 1.807) is 11.8 Å². The first-order chi connectivity index (χ1) is 8.65. The lowest BCUT2D eigenvalue weighted by Gasteiger charge is -2.26. The van der Waals surface area contributed by atoms with Crippen molar-refractivity contribution in [2.75, 3.05) is 12.4 Å². The minimum atomic E-state index is -0.763. The van der Waals surface area contributed by atoms with Crippen molar-refractivity contribution in [1.82, 2.24) is 0 Å². The number of carboxylic acid groups (broad SMARTS) is 1. The van der Waals surface area contributed by atoms with Crippen LogP contribution in [0.4, 0.5) is 0 Å². The highest BCUT2D eigenvalue weighted by molar-refractivity contribution is 7.99. The molecule has 4 nitrogen and oxygen atoms in total. The fourth-order valence-electron chi connectivity index (χ4n) is 1.72. The van der Waals surface area contributed by atoms with Gasteiger partial charge in [0.25, 0.3) is 0 Å². The number of rotatable bonds is 5. The quantitative estimate of drug-likeness (QED) is 0.888. The van der Waals surface area contributed by atoms with Crippen molar-refractivity contribution < 1.29 is 19.4 Å². The highest BCUT2D eigenvalue weighted by Gasteiger charge is 2.21. The predicted molar refractivity (Wildman–Crippen MR) is 70.5 cm³/mol. The third-order valence-electron chi connectivity index (χ3n) is 2.60. The summed E-state index contributed by atoms with van der Waals surface area (Å²) in [7, 11) is 0. The van der Waals surface area contributed by atoms with Crippen LogP contribution in [0.15, 0.2) is 24.3 Å². The monoisotopic (exact) mass is 268 g/mol. The van der Waals surface area contributed by atoms with E-state index in [0.717, 1.165) is 17.3 Å². The highest BCUT2D eigenvalue weighted by Crippen LogP contribution is 2.32. The molecule has 0 bridgehead atoms. The molecule has 18 heavy (non-hydrogen) atoms. The molecule has 1 N–H and O–H groups in total. The van der Waals surface area contributed by atoms with Gasteiger partial charge in [-0.2, -0.15) is 11.8 Å². The topological polar surface area (TPSA) is 55.8 Å². The molecule has 0 fully saturated rings. The van der Waals surface area contributed by atoms with Gasteiger partial charge in [-0.15, -0.1) is 0 Å². The number of ether oxygens (including phenoxy) is 2. The Morgan fingerprint density at radius 1 is 1.50 bits per heavy atom. The van der Waals surface area contributed by atoms with Crippen LogP contribution in [0.5, 0.6) is 11.5 Å². The molecule has 0 aromatic heterocycles. The maximum atomic E-state index is 10.6. The van der Waals surface area contributed by atoms with Gasteiger partial charge in [-0.25, -0.2) is 0 Å². The number of para-hydroxylation sites is 2. The Hall–Kier alpha value is -1.36. The molecular formula is C13H16O4S. The summed E-state index contributed by atoms with van der Waals surface area (Å²) in [5, 5.41) is 8.77. The summed E-state index contributed by atoms with van der Waals surface area (Å²) in [6.07, 6.45) is 0.163. The standard InChI is InChI=1S/C13H16O4S/c1-9(6-13(14)15)18-8-10-7-16-11-4-2-3-5-12(11)17-10/h2-5,9-10H,6-8H2,1H3,(H,14,15). The van der Waals surface area contributed by atoms with Crippen LogP contribution in [-0.4, -0.2) is 34.8 Å². The second kappa shape index (κ2) is 6.00. The number of hydrogen-bond donors (Lipinski definition) is 1. The molecule has 0 radical (unpaired) electrons. The SMILES string of the molecule is CC(CC(=O)O)SCC1COc2ccccc2O1. The number of fused-ring (bicyclic) bond motifs is 1. The minimum absolute atomic E-state index is 0.0128. The van der Waals surface area contributed by atoms with Crippen molar-refractivity contribution >= 4 is 17.7 Å². The fraction of sp³-hybridized carbons (Fsp3) is 0.462. The Bertz CT molecular complexity index is 421. The van der Waals surface area contributed by atoms with E-state index < -0.39 is 5.97 Å². The third-order valence-corrected chi connectivity index (χ3v) is 3.90. The molecule has 0 saturated heterocycles. The Morgan fingerprint density at radius 3 is 2.94 bits per heavy atom. The Labute approximate surface area is 110 Å². The van der Waals surface area contributed by atoms with Crippen LogP contribution in [0.25, 0.3) is 0 Å². The molecule has 98 valence electrons. The van der Waals surface area contributed by atoms with Gasteiger partial charge in [-0.1, -0.05) is 19.1 Å². The summed E-state index contributed by atoms with van der Waals surface area (Å²) in [5.74, 6) is 1.52. The molecule has 1 aliphatic rings. The van der Waals surface area contributed by atoms with Gasteiger partial charge in [0.15, 0.2) is 11.5 Å². The predicted octanol–water partition coefficient (Wildman–Crippen LogP) is 2.42. The molecule has 0 amide bonds. The summed E-state index contributed by atoms with van der Waals surface area (Å²) < 4.78 is 11.4. The van der Waals surface area contributed by atoms with Crippen molar-refractivity contribution in [2.24, 2.45) is 0 Å². The van der Waals surface area contributed by atoms with Crippen molar-refractivity contribution in [3.63, 3.8) is 0 Å². The zero-order valence-electron chi connectivity index (χ0n) is 10.2. The number of carboxylic acids is 1. The van der Waals surface area contributed by atoms with Gasteiger partial charge in [0.2, 0.25) is 0 Å². The summed E-state index contributed by atoms with van der Waals surface area (Å²) in [6.45, 7) is 2.43. The molecular weight excluding hydrogens is 252 g/mol. The van der Waals surface area contributed by atoms with E-state index >= 15 is 0 Å². The molecule has 2 unspecified atom stereocenters. The molecule has 1 heterocycles. The number of aliphatic carboxylic acids is 1. The molecule has 2 atom stereocenters. The van der Waals surface area contributed by atoms with Gasteiger partial charge >= 0.3 is 5.97 Å². The molecule has 1 aliphatic heterocycles. The molecule has 0 aliphatic carbocycles. The van der Waals surface area contributed by atoms with Gasteiger partial charge in [0.1, 0.15) is 12.7 Å². The molecule has 5 heteroatoms. The van der Waals surface area contributed by atoms with Crippen LogP contribution in [0.1, 0.15) is 13.3 Å². The van der Waals surface area contributed by atoms with Crippen molar-refractivity contribution in [2.45, 2.75) is 24.7 Å². The number of hydrogen-bond acceptors (Lipinski definition) is 4. The Balaban J connectivity index is 1.81. The van der Waals surface area contributed by atoms with Crippen LogP contribution in [-0.2, 0) is 4.79 Å². The van der Waals surface area contributed by atoms with Crippen LogP contribution in [0.2, 0.25) is 0 Å². The van der Waals surface area contributed by atoms with E-state index in [1.807, 2.05) is 31.2 Å². The van der Waals surface area contributed by atoms with Crippen LogP contribution >= 0.6 is 11.8 Å². The van der Waals surface area contributed by atoms with E-state index in [1.165, 1.54) is 0 Å². The molecule has 0 spiro atoms. The number of carbonyl (C=O) groups is 1. The lowest BCUT2D eigenvalue weighted by molar-refractivity contribution is -0.136. The smallest absolute Gasteiger partial charge is 0.304 e. The lowest BCUT2D eigenvalue weighted by atomic mass is 10.3. The van der Waals surface area contributed by atoms with Gasteiger partial charge in [0, 0.05) is 11.0 Å². The largest absolute Gasteiger partial charge is 0.486 e. The first kappa shape index (κ1) is 13.1. The summed E-state index contributed by atoms with van der Waals surface area (Å²) in [6, 6.07) is 7.58. The van der Waals surface area contributed by atoms with Gasteiger partial charge in [-0.05, 0) is 12.1 Å². The lowest BCUT2D eigenvalue weighted by Crippen LogP contribution is -2.31. The number of benzene rings is 1. The molecule has 2 rings (SSSR count). The third kappa shape index (κ3) is 3.57. The van der Waals surface area contributed by atoms with Crippen LogP contribution < -0.4 is 9.47 Å². The van der Waals surface area contributed by atoms with E-state index in [9.17, 15) is 4.79 Å². The second-order valence-electron chi connectivity index (χ2n) is 4.24. The Morgan fingerprint density at radius 2 is 2.22 bits per heavy atom. The zero-order chi connectivity index (χ0) is 13.0. The van der Waals surface area contributed by atoms with Gasteiger partial charge < -0.3 is 14.6 Å². The maximum absolute atomic E-state index is 10.6. The summed E-state index contributed by atoms with van der Waals surface area (Å²) >= 11 is 1.60. The second-order valence-corrected chi connectivity index (χ2v) is 5.71. The first-order valence-corrected chi connectivity index (χ1v) is 6.92. The van der Waals surface area contributed by atoms with Crippen molar-refractivity contribution in [1.29, 1.82) is 0 Å². The minimum Gasteiger partial charge on any atom is -0.486 e. The van der Waals surface area contributed by atoms with E-state index in [4.69, 9.17) is 14.6 Å². The van der Waals surface area contributed by atoms with Crippen molar-refractivity contribution in [3.05, 3.63) is 24.3 Å². The molecule has 1 aromatic carbocycles. The number of thioether (sulfide) groups is 1. The Kier molecular flexibility index (Phi) is 4.36. The first-order valence-electron chi connectivity index (χ1n) is 5.87. The summed E-state index contributed by atoms with van der Waals surface area (Å²) in [5.41, 5.74) is 0. The van der Waals surface area contributed by atoms with E-state index in [-0.39, 0.29) is 17.8 Å². The highest BCUT2D eigenvalue weighted by atomic mass is 32.2. The zero-order valence-corrected chi connectivity index (χ0v) is 11.0. The van der Waals surface area contributed by atoms with Crippen LogP contribution in [0, 0.1) is 0 Å². The molecule has 1 aromatic rings. The average molecular weight is 268 g/mol. The van der Waals surface area contributed by atoms with Crippen molar-refractivity contribution in [3.8, 4) is 11.5 Å². The van der Waals surface area contributed by atoms with Gasteiger partial charge in [0.05, 0.1) is 6.42 Å². The average Bonchev–Trinajstić information content (AvgIpc) is 2.35. The van der Waals surface area contributed by atoms with Crippen LogP contribution in [0.3, 0.4) is 0 Å². The molecule has 0 saturated carbocycles. The van der Waals surface area contributed by atoms with Gasteiger partial charge in [-0.3, -0.25) is 4.79 Å².